The fraction of sp³-hybridized carbons (Fsp3) is 0.846. The number of rotatable bonds is 4. The lowest BCUT2D eigenvalue weighted by Gasteiger charge is -2.32. The molecule has 0 aromatic rings. The van der Waals surface area contributed by atoms with Gasteiger partial charge in [-0.1, -0.05) is 6.92 Å². The molecule has 18 heavy (non-hydrogen) atoms. The van der Waals surface area contributed by atoms with Crippen molar-refractivity contribution >= 4 is 12.0 Å². The molecule has 0 aromatic carbocycles. The number of hydrogen-bond acceptors (Lipinski definition) is 2. The first kappa shape index (κ1) is 13.2. The third-order valence-corrected chi connectivity index (χ3v) is 4.04. The van der Waals surface area contributed by atoms with E-state index in [1.54, 1.807) is 4.90 Å². The maximum Gasteiger partial charge on any atom is 0.317 e. The molecular weight excluding hydrogens is 232 g/mol. The average Bonchev–Trinajstić information content (AvgIpc) is 3.04. The number of carboxylic acid groups (broad SMARTS) is 1. The van der Waals surface area contributed by atoms with Crippen molar-refractivity contribution < 1.29 is 14.7 Å². The van der Waals surface area contributed by atoms with Crippen molar-refractivity contribution in [3.63, 3.8) is 0 Å². The minimum atomic E-state index is -0.771. The van der Waals surface area contributed by atoms with Crippen molar-refractivity contribution in [1.82, 2.24) is 10.2 Å². The molecule has 0 spiro atoms. The van der Waals surface area contributed by atoms with E-state index in [1.807, 2.05) is 0 Å². The third kappa shape index (κ3) is 3.62. The number of urea groups is 1. The molecule has 2 N–H and O–H groups in total. The van der Waals surface area contributed by atoms with Crippen LogP contribution < -0.4 is 5.32 Å². The van der Waals surface area contributed by atoms with Gasteiger partial charge in [0.1, 0.15) is 0 Å². The van der Waals surface area contributed by atoms with E-state index in [4.69, 9.17) is 5.11 Å². The van der Waals surface area contributed by atoms with Crippen molar-refractivity contribution in [3.8, 4) is 0 Å². The number of piperidine rings is 1. The zero-order valence-corrected chi connectivity index (χ0v) is 10.9. The molecule has 0 bridgehead atoms. The first-order valence-corrected chi connectivity index (χ1v) is 6.73. The number of nitrogens with zero attached hydrogens (tertiary/aromatic N) is 1. The molecule has 102 valence electrons. The highest BCUT2D eigenvalue weighted by Crippen LogP contribution is 2.44. The Bertz CT molecular complexity index is 339. The Balaban J connectivity index is 1.76. The summed E-state index contributed by atoms with van der Waals surface area (Å²) in [4.78, 5) is 24.4. The Kier molecular flexibility index (Phi) is 3.78. The first-order valence-electron chi connectivity index (χ1n) is 6.73. The number of carbonyl (C=O) groups is 2. The van der Waals surface area contributed by atoms with Gasteiger partial charge in [-0.2, -0.15) is 0 Å². The summed E-state index contributed by atoms with van der Waals surface area (Å²) >= 11 is 0. The van der Waals surface area contributed by atoms with Crippen LogP contribution >= 0.6 is 0 Å². The first-order chi connectivity index (χ1) is 8.48. The van der Waals surface area contributed by atoms with Gasteiger partial charge >= 0.3 is 12.0 Å². The molecule has 1 unspecified atom stereocenters. The normalized spacial score (nSPS) is 25.6. The summed E-state index contributed by atoms with van der Waals surface area (Å²) < 4.78 is 0. The molecule has 1 atom stereocenters. The Labute approximate surface area is 108 Å². The van der Waals surface area contributed by atoms with E-state index in [1.165, 1.54) is 12.8 Å². The highest BCUT2D eigenvalue weighted by molar-refractivity contribution is 5.74. The van der Waals surface area contributed by atoms with Gasteiger partial charge < -0.3 is 15.3 Å². The Morgan fingerprint density at radius 2 is 2.17 bits per heavy atom. The smallest absolute Gasteiger partial charge is 0.317 e. The van der Waals surface area contributed by atoms with Crippen LogP contribution in [0.3, 0.4) is 0 Å². The number of nitrogens with one attached hydrogen (secondary N) is 1. The van der Waals surface area contributed by atoms with Gasteiger partial charge in [-0.05, 0) is 37.0 Å². The molecule has 2 aliphatic rings. The molecule has 2 fully saturated rings. The summed E-state index contributed by atoms with van der Waals surface area (Å²) in [5.74, 6) is -0.661. The largest absolute Gasteiger partial charge is 0.481 e. The summed E-state index contributed by atoms with van der Waals surface area (Å²) in [6, 6.07) is -0.0294. The molecule has 5 nitrogen and oxygen atoms in total. The van der Waals surface area contributed by atoms with Gasteiger partial charge in [0.2, 0.25) is 0 Å². The van der Waals surface area contributed by atoms with E-state index in [-0.39, 0.29) is 18.4 Å². The molecule has 0 aromatic heterocycles. The zero-order valence-electron chi connectivity index (χ0n) is 10.9. The highest BCUT2D eigenvalue weighted by Gasteiger charge is 2.37. The predicted molar refractivity (Wildman–Crippen MR) is 67.3 cm³/mol. The summed E-state index contributed by atoms with van der Waals surface area (Å²) in [5.41, 5.74) is 0.311. The second-order valence-electron chi connectivity index (χ2n) is 6.02. The van der Waals surface area contributed by atoms with E-state index in [0.29, 0.717) is 12.0 Å². The minimum Gasteiger partial charge on any atom is -0.481 e. The Morgan fingerprint density at radius 1 is 1.44 bits per heavy atom. The van der Waals surface area contributed by atoms with Crippen LogP contribution in [-0.4, -0.2) is 41.6 Å². The Hall–Kier alpha value is -1.26. The molecule has 1 aliphatic heterocycles. The summed E-state index contributed by atoms with van der Waals surface area (Å²) in [5, 5.41) is 11.8. The number of carbonyl (C=O) groups excluding carboxylic acids is 1. The van der Waals surface area contributed by atoms with Gasteiger partial charge in [-0.25, -0.2) is 4.79 Å². The lowest BCUT2D eigenvalue weighted by molar-refractivity contribution is -0.138. The molecule has 1 heterocycles. The van der Waals surface area contributed by atoms with Gasteiger partial charge in [0, 0.05) is 26.1 Å². The van der Waals surface area contributed by atoms with Crippen LogP contribution in [0.2, 0.25) is 0 Å². The number of amides is 2. The van der Waals surface area contributed by atoms with E-state index in [2.05, 4.69) is 12.2 Å². The van der Waals surface area contributed by atoms with E-state index in [0.717, 1.165) is 25.9 Å². The lowest BCUT2D eigenvalue weighted by atomic mass is 9.95. The van der Waals surface area contributed by atoms with Gasteiger partial charge in [-0.3, -0.25) is 4.79 Å². The molecule has 0 radical (unpaired) electrons. The summed E-state index contributed by atoms with van der Waals surface area (Å²) in [6.07, 6.45) is 4.36. The molecule has 2 amide bonds. The topological polar surface area (TPSA) is 69.6 Å². The van der Waals surface area contributed by atoms with Crippen LogP contribution in [0, 0.1) is 11.3 Å². The molecule has 1 saturated heterocycles. The number of hydrogen-bond donors (Lipinski definition) is 2. The monoisotopic (exact) mass is 254 g/mol. The van der Waals surface area contributed by atoms with Gasteiger partial charge in [0.25, 0.3) is 0 Å². The van der Waals surface area contributed by atoms with Crippen molar-refractivity contribution in [2.75, 3.05) is 19.6 Å². The van der Waals surface area contributed by atoms with E-state index >= 15 is 0 Å². The van der Waals surface area contributed by atoms with Crippen LogP contribution in [0.5, 0.6) is 0 Å². The lowest BCUT2D eigenvalue weighted by Crippen LogP contribution is -2.47. The van der Waals surface area contributed by atoms with Gasteiger partial charge in [0.15, 0.2) is 0 Å². The maximum atomic E-state index is 12.0. The average molecular weight is 254 g/mol. The maximum absolute atomic E-state index is 12.0. The van der Waals surface area contributed by atoms with Crippen molar-refractivity contribution in [2.24, 2.45) is 11.3 Å². The molecule has 1 saturated carbocycles. The highest BCUT2D eigenvalue weighted by atomic mass is 16.4. The second-order valence-corrected chi connectivity index (χ2v) is 6.02. The number of aliphatic carboxylic acids is 1. The summed E-state index contributed by atoms with van der Waals surface area (Å²) in [6.45, 7) is 4.25. The zero-order chi connectivity index (χ0) is 13.2. The number of likely N-dealkylation sites (tertiary alicyclic amines) is 1. The van der Waals surface area contributed by atoms with Gasteiger partial charge in [0.05, 0.1) is 0 Å². The molecule has 2 rings (SSSR count). The number of carboxylic acids is 1. The van der Waals surface area contributed by atoms with Crippen LogP contribution in [0.15, 0.2) is 0 Å². The predicted octanol–water partition coefficient (Wildman–Crippen LogP) is 1.68. The summed E-state index contributed by atoms with van der Waals surface area (Å²) in [7, 11) is 0. The van der Waals surface area contributed by atoms with E-state index in [9.17, 15) is 9.59 Å². The third-order valence-electron chi connectivity index (χ3n) is 4.04. The van der Waals surface area contributed by atoms with Crippen LogP contribution in [0.25, 0.3) is 0 Å². The minimum absolute atomic E-state index is 0.0294. The van der Waals surface area contributed by atoms with E-state index < -0.39 is 5.97 Å². The van der Waals surface area contributed by atoms with Crippen LogP contribution in [-0.2, 0) is 4.79 Å². The van der Waals surface area contributed by atoms with Gasteiger partial charge in [-0.15, -0.1) is 0 Å². The molecular formula is C13H22N2O3. The van der Waals surface area contributed by atoms with Crippen LogP contribution in [0.4, 0.5) is 4.79 Å². The standard InChI is InChI=1S/C13H22N2O3/c1-13(4-5-13)9-14-12(18)15-6-2-3-10(8-15)7-11(16)17/h10H,2-9H2,1H3,(H,14,18)(H,16,17). The second kappa shape index (κ2) is 5.16. The fourth-order valence-electron chi connectivity index (χ4n) is 2.45. The van der Waals surface area contributed by atoms with Crippen LogP contribution in [0.1, 0.15) is 39.0 Å². The van der Waals surface area contributed by atoms with Crippen molar-refractivity contribution in [1.29, 1.82) is 0 Å². The molecule has 1 aliphatic carbocycles. The molecule has 5 heteroatoms. The Morgan fingerprint density at radius 3 is 2.78 bits per heavy atom. The SMILES string of the molecule is CC1(CNC(=O)N2CCCC(CC(=O)O)C2)CC1. The van der Waals surface area contributed by atoms with Crippen molar-refractivity contribution in [3.05, 3.63) is 0 Å². The fourth-order valence-corrected chi connectivity index (χ4v) is 2.45. The van der Waals surface area contributed by atoms with Crippen molar-refractivity contribution in [2.45, 2.75) is 39.0 Å². The quantitative estimate of drug-likeness (QED) is 0.802.